The SMILES string of the molecule is CCC(CC)(CCc1ccc(C(C)(C)C(=O)O)cc1)c1ccc(C(C)(C)C(=O)O)cc1. The summed E-state index contributed by atoms with van der Waals surface area (Å²) in [5.41, 5.74) is 2.25. The maximum absolute atomic E-state index is 11.6. The van der Waals surface area contributed by atoms with Gasteiger partial charge in [0.25, 0.3) is 0 Å². The molecule has 0 saturated heterocycles. The Labute approximate surface area is 186 Å². The number of carbonyl (C=O) groups is 2. The Morgan fingerprint density at radius 2 is 1.03 bits per heavy atom. The summed E-state index contributed by atoms with van der Waals surface area (Å²) in [5.74, 6) is -1.65. The molecular formula is C27H36O4. The van der Waals surface area contributed by atoms with E-state index in [0.29, 0.717) is 0 Å². The molecule has 0 radical (unpaired) electrons. The van der Waals surface area contributed by atoms with Gasteiger partial charge in [-0.05, 0) is 81.0 Å². The summed E-state index contributed by atoms with van der Waals surface area (Å²) in [6, 6.07) is 16.0. The van der Waals surface area contributed by atoms with Gasteiger partial charge in [-0.3, -0.25) is 9.59 Å². The average molecular weight is 425 g/mol. The predicted molar refractivity (Wildman–Crippen MR) is 125 cm³/mol. The van der Waals surface area contributed by atoms with E-state index in [4.69, 9.17) is 0 Å². The van der Waals surface area contributed by atoms with E-state index in [-0.39, 0.29) is 5.41 Å². The van der Waals surface area contributed by atoms with Gasteiger partial charge in [0.2, 0.25) is 0 Å². The van der Waals surface area contributed by atoms with E-state index in [0.717, 1.165) is 36.8 Å². The van der Waals surface area contributed by atoms with Crippen LogP contribution in [-0.2, 0) is 32.3 Å². The second kappa shape index (κ2) is 9.25. The Balaban J connectivity index is 2.22. The number of carboxylic acid groups (broad SMARTS) is 2. The molecule has 168 valence electrons. The van der Waals surface area contributed by atoms with E-state index in [1.807, 2.05) is 36.4 Å². The molecule has 0 saturated carbocycles. The maximum atomic E-state index is 11.6. The lowest BCUT2D eigenvalue weighted by Gasteiger charge is -2.33. The Morgan fingerprint density at radius 1 is 0.677 bits per heavy atom. The number of carboxylic acids is 2. The van der Waals surface area contributed by atoms with Crippen molar-refractivity contribution in [3.8, 4) is 0 Å². The first-order valence-electron chi connectivity index (χ1n) is 11.1. The van der Waals surface area contributed by atoms with Crippen molar-refractivity contribution >= 4 is 11.9 Å². The molecule has 4 heteroatoms. The van der Waals surface area contributed by atoms with Crippen LogP contribution in [-0.4, -0.2) is 22.2 Å². The Bertz CT molecular complexity index is 901. The molecule has 0 atom stereocenters. The van der Waals surface area contributed by atoms with Gasteiger partial charge in [0.15, 0.2) is 0 Å². The molecule has 0 aliphatic rings. The van der Waals surface area contributed by atoms with Crippen LogP contribution in [0, 0.1) is 0 Å². The molecular weight excluding hydrogens is 388 g/mol. The zero-order valence-electron chi connectivity index (χ0n) is 19.7. The summed E-state index contributed by atoms with van der Waals surface area (Å²) in [7, 11) is 0. The second-order valence-electron chi connectivity index (χ2n) is 9.62. The average Bonchev–Trinajstić information content (AvgIpc) is 2.75. The molecule has 2 N–H and O–H groups in total. The van der Waals surface area contributed by atoms with Crippen LogP contribution in [0.2, 0.25) is 0 Å². The summed E-state index contributed by atoms with van der Waals surface area (Å²) in [5, 5.41) is 18.9. The van der Waals surface area contributed by atoms with Crippen molar-refractivity contribution in [3.63, 3.8) is 0 Å². The molecule has 2 aromatic carbocycles. The van der Waals surface area contributed by atoms with Crippen LogP contribution < -0.4 is 0 Å². The van der Waals surface area contributed by atoms with Crippen molar-refractivity contribution in [2.24, 2.45) is 0 Å². The van der Waals surface area contributed by atoms with Gasteiger partial charge in [-0.15, -0.1) is 0 Å². The lowest BCUT2D eigenvalue weighted by atomic mass is 9.71. The van der Waals surface area contributed by atoms with E-state index in [1.54, 1.807) is 27.7 Å². The Hall–Kier alpha value is -2.62. The molecule has 0 amide bonds. The number of benzene rings is 2. The highest BCUT2D eigenvalue weighted by Gasteiger charge is 2.32. The zero-order chi connectivity index (χ0) is 23.4. The van der Waals surface area contributed by atoms with E-state index < -0.39 is 22.8 Å². The molecule has 2 rings (SSSR count). The van der Waals surface area contributed by atoms with Gasteiger partial charge < -0.3 is 10.2 Å². The molecule has 4 nitrogen and oxygen atoms in total. The molecule has 0 heterocycles. The monoisotopic (exact) mass is 424 g/mol. The first-order valence-corrected chi connectivity index (χ1v) is 11.1. The summed E-state index contributed by atoms with van der Waals surface area (Å²) < 4.78 is 0. The summed E-state index contributed by atoms with van der Waals surface area (Å²) >= 11 is 0. The summed E-state index contributed by atoms with van der Waals surface area (Å²) in [4.78, 5) is 23.1. The molecule has 2 aromatic rings. The van der Waals surface area contributed by atoms with Crippen LogP contribution in [0.3, 0.4) is 0 Å². The standard InChI is InChI=1S/C27H36O4/c1-7-27(8-2,22-15-13-21(14-16-22)26(5,6)24(30)31)18-17-19-9-11-20(12-10-19)25(3,4)23(28)29/h9-16H,7-8,17-18H2,1-6H3,(H,28,29)(H,30,31). The number of hydrogen-bond donors (Lipinski definition) is 2. The van der Waals surface area contributed by atoms with Crippen LogP contribution in [0.25, 0.3) is 0 Å². The molecule has 31 heavy (non-hydrogen) atoms. The quantitative estimate of drug-likeness (QED) is 0.483. The molecule has 0 aromatic heterocycles. The number of aryl methyl sites for hydroxylation is 1. The highest BCUT2D eigenvalue weighted by molar-refractivity contribution is 5.80. The third-order valence-electron chi connectivity index (χ3n) is 7.21. The van der Waals surface area contributed by atoms with Gasteiger partial charge in [0.1, 0.15) is 0 Å². The van der Waals surface area contributed by atoms with Crippen molar-refractivity contribution in [1.29, 1.82) is 0 Å². The number of hydrogen-bond acceptors (Lipinski definition) is 2. The van der Waals surface area contributed by atoms with E-state index in [9.17, 15) is 19.8 Å². The van der Waals surface area contributed by atoms with Crippen molar-refractivity contribution in [1.82, 2.24) is 0 Å². The first-order chi connectivity index (χ1) is 14.4. The largest absolute Gasteiger partial charge is 0.481 e. The number of aliphatic carboxylic acids is 2. The molecule has 0 spiro atoms. The van der Waals surface area contributed by atoms with Crippen LogP contribution in [0.5, 0.6) is 0 Å². The third-order valence-corrected chi connectivity index (χ3v) is 7.21. The fourth-order valence-corrected chi connectivity index (χ4v) is 4.12. The smallest absolute Gasteiger partial charge is 0.313 e. The zero-order valence-corrected chi connectivity index (χ0v) is 19.7. The second-order valence-corrected chi connectivity index (χ2v) is 9.62. The third kappa shape index (κ3) is 5.00. The molecule has 0 bridgehead atoms. The van der Waals surface area contributed by atoms with Crippen molar-refractivity contribution in [2.75, 3.05) is 0 Å². The van der Waals surface area contributed by atoms with Gasteiger partial charge in [-0.2, -0.15) is 0 Å². The minimum Gasteiger partial charge on any atom is -0.481 e. The highest BCUT2D eigenvalue weighted by Crippen LogP contribution is 2.37. The van der Waals surface area contributed by atoms with Crippen LogP contribution in [0.15, 0.2) is 48.5 Å². The maximum Gasteiger partial charge on any atom is 0.313 e. The van der Waals surface area contributed by atoms with Gasteiger partial charge >= 0.3 is 11.9 Å². The topological polar surface area (TPSA) is 74.6 Å². The van der Waals surface area contributed by atoms with Crippen molar-refractivity contribution < 1.29 is 19.8 Å². The molecule has 0 aliphatic heterocycles. The lowest BCUT2D eigenvalue weighted by Crippen LogP contribution is -2.29. The van der Waals surface area contributed by atoms with Gasteiger partial charge in [-0.25, -0.2) is 0 Å². The van der Waals surface area contributed by atoms with E-state index in [2.05, 4.69) is 26.0 Å². The minimum absolute atomic E-state index is 0.0188. The normalized spacial score (nSPS) is 12.6. The fraction of sp³-hybridized carbons (Fsp3) is 0.481. The van der Waals surface area contributed by atoms with Gasteiger partial charge in [-0.1, -0.05) is 62.4 Å². The van der Waals surface area contributed by atoms with Gasteiger partial charge in [0.05, 0.1) is 10.8 Å². The van der Waals surface area contributed by atoms with Crippen LogP contribution >= 0.6 is 0 Å². The highest BCUT2D eigenvalue weighted by atomic mass is 16.4. The van der Waals surface area contributed by atoms with Crippen molar-refractivity contribution in [3.05, 3.63) is 70.8 Å². The predicted octanol–water partition coefficient (Wildman–Crippen LogP) is 6.10. The van der Waals surface area contributed by atoms with E-state index in [1.165, 1.54) is 11.1 Å². The first kappa shape index (κ1) is 24.6. The van der Waals surface area contributed by atoms with Crippen LogP contribution in [0.4, 0.5) is 0 Å². The summed E-state index contributed by atoms with van der Waals surface area (Å²) in [6.07, 6.45) is 3.87. The summed E-state index contributed by atoms with van der Waals surface area (Å²) in [6.45, 7) is 11.3. The molecule has 0 unspecified atom stereocenters. The van der Waals surface area contributed by atoms with Crippen LogP contribution in [0.1, 0.15) is 83.1 Å². The van der Waals surface area contributed by atoms with E-state index >= 15 is 0 Å². The molecule has 0 aliphatic carbocycles. The lowest BCUT2D eigenvalue weighted by molar-refractivity contribution is -0.143. The fourth-order valence-electron chi connectivity index (χ4n) is 4.12. The van der Waals surface area contributed by atoms with Crippen molar-refractivity contribution in [2.45, 2.75) is 83.5 Å². The van der Waals surface area contributed by atoms with Gasteiger partial charge in [0, 0.05) is 0 Å². The minimum atomic E-state index is -0.912. The number of rotatable bonds is 10. The Morgan fingerprint density at radius 3 is 1.39 bits per heavy atom. The Kier molecular flexibility index (Phi) is 7.36. The molecule has 0 fully saturated rings.